The van der Waals surface area contributed by atoms with Gasteiger partial charge in [0.05, 0.1) is 0 Å². The molecule has 1 N–H and O–H groups in total. The van der Waals surface area contributed by atoms with Gasteiger partial charge in [-0.2, -0.15) is 0 Å². The number of halogens is 1. The summed E-state index contributed by atoms with van der Waals surface area (Å²) in [6.45, 7) is 5.03. The number of carbonyl (C=O) groups excluding carboxylic acids is 1. The first-order valence-electron chi connectivity index (χ1n) is 5.55. The zero-order valence-electron chi connectivity index (χ0n) is 9.97. The number of carbonyl (C=O) groups is 1. The minimum absolute atomic E-state index is 0. The van der Waals surface area contributed by atoms with Gasteiger partial charge in [0.1, 0.15) is 6.54 Å². The van der Waals surface area contributed by atoms with Crippen molar-refractivity contribution >= 4 is 11.9 Å². The lowest BCUT2D eigenvalue weighted by molar-refractivity contribution is -0.124. The van der Waals surface area contributed by atoms with Gasteiger partial charge >= 0.3 is 0 Å². The number of rotatable bonds is 4. The van der Waals surface area contributed by atoms with Crippen molar-refractivity contribution in [3.63, 3.8) is 0 Å². The van der Waals surface area contributed by atoms with Crippen molar-refractivity contribution in [2.75, 3.05) is 13.1 Å². The molecule has 1 aliphatic rings. The molecule has 96 valence electrons. The van der Waals surface area contributed by atoms with Crippen LogP contribution in [0.4, 0.5) is 0 Å². The van der Waals surface area contributed by atoms with Crippen molar-refractivity contribution in [1.29, 1.82) is 0 Å². The van der Waals surface area contributed by atoms with Crippen molar-refractivity contribution in [3.05, 3.63) is 48.6 Å². The fourth-order valence-electron chi connectivity index (χ4n) is 1.68. The number of amides is 1. The second-order valence-electron chi connectivity index (χ2n) is 3.77. The van der Waals surface area contributed by atoms with E-state index in [0.717, 1.165) is 5.56 Å². The summed E-state index contributed by atoms with van der Waals surface area (Å²) in [5.41, 5.74) is 1.16. The smallest absolute Gasteiger partial charge is 0.251 e. The van der Waals surface area contributed by atoms with Gasteiger partial charge in [0.15, 0.2) is 0 Å². The third-order valence-corrected chi connectivity index (χ3v) is 2.53. The molecule has 0 saturated carbocycles. The van der Waals surface area contributed by atoms with Gasteiger partial charge in [0.25, 0.3) is 5.91 Å². The summed E-state index contributed by atoms with van der Waals surface area (Å²) in [7, 11) is 0. The molecule has 0 unspecified atom stereocenters. The van der Waals surface area contributed by atoms with Crippen LogP contribution in [-0.4, -0.2) is 29.9 Å². The second-order valence-corrected chi connectivity index (χ2v) is 3.77. The van der Waals surface area contributed by atoms with Crippen LogP contribution in [0.25, 0.3) is 0 Å². The number of hydrogen-bond donors (Lipinski definition) is 1. The summed E-state index contributed by atoms with van der Waals surface area (Å²) in [6, 6.07) is 10.0. The summed E-state index contributed by atoms with van der Waals surface area (Å²) in [5, 5.41) is 3.17. The summed E-state index contributed by atoms with van der Waals surface area (Å²) < 4.78 is 0. The Kier molecular flexibility index (Phi) is 5.39. The maximum Gasteiger partial charge on any atom is 0.251 e. The van der Waals surface area contributed by atoms with Gasteiger partial charge in [-0.05, 0) is 5.56 Å². The highest BCUT2D eigenvalue weighted by Gasteiger charge is 2.23. The minimum Gasteiger partial charge on any atom is -1.00 e. The van der Waals surface area contributed by atoms with Crippen molar-refractivity contribution in [2.24, 2.45) is 4.99 Å². The molecule has 4 nitrogen and oxygen atoms in total. The zero-order chi connectivity index (χ0) is 12.1. The fourth-order valence-corrected chi connectivity index (χ4v) is 1.68. The average molecular weight is 265 g/mol. The van der Waals surface area contributed by atoms with E-state index in [1.54, 1.807) is 11.0 Å². The van der Waals surface area contributed by atoms with Crippen LogP contribution in [0.15, 0.2) is 48.0 Å². The van der Waals surface area contributed by atoms with E-state index in [0.29, 0.717) is 19.0 Å². The number of guanidine groups is 1. The Hall–Kier alpha value is -1.81. The molecule has 1 heterocycles. The average Bonchev–Trinajstić information content (AvgIpc) is 2.70. The minimum atomic E-state index is 0. The molecule has 1 aromatic rings. The lowest BCUT2D eigenvalue weighted by atomic mass is 10.2. The van der Waals surface area contributed by atoms with Crippen molar-refractivity contribution < 1.29 is 17.2 Å². The molecular weight excluding hydrogens is 250 g/mol. The van der Waals surface area contributed by atoms with Crippen LogP contribution >= 0.6 is 0 Å². The second kappa shape index (κ2) is 6.81. The van der Waals surface area contributed by atoms with Gasteiger partial charge in [-0.3, -0.25) is 9.69 Å². The van der Waals surface area contributed by atoms with Crippen LogP contribution in [0, 0.1) is 0 Å². The van der Waals surface area contributed by atoms with E-state index in [-0.39, 0.29) is 24.9 Å². The molecule has 0 aromatic heterocycles. The van der Waals surface area contributed by atoms with Gasteiger partial charge in [0, 0.05) is 13.1 Å². The Balaban J connectivity index is 0.00000162. The molecule has 0 bridgehead atoms. The zero-order valence-corrected chi connectivity index (χ0v) is 10.7. The Bertz CT molecular complexity index is 445. The molecule has 0 radical (unpaired) electrons. The Morgan fingerprint density at radius 2 is 2.11 bits per heavy atom. The van der Waals surface area contributed by atoms with E-state index < -0.39 is 0 Å². The van der Waals surface area contributed by atoms with E-state index in [9.17, 15) is 4.79 Å². The molecule has 0 saturated heterocycles. The third-order valence-electron chi connectivity index (χ3n) is 2.53. The maximum absolute atomic E-state index is 11.5. The molecule has 1 amide bonds. The standard InChI is InChI=1S/C13H15N3O.ClH/c1-2-8-16-12(17)10-15-13(16)14-9-11-6-4-3-5-7-11;/h2-7H,1,8-10H2,(H,14,15);1H/p-1. The number of nitrogens with zero attached hydrogens (tertiary/aromatic N) is 2. The normalized spacial score (nSPS) is 13.9. The van der Waals surface area contributed by atoms with Gasteiger partial charge in [-0.15, -0.1) is 6.58 Å². The highest BCUT2D eigenvalue weighted by atomic mass is 35.5. The summed E-state index contributed by atoms with van der Waals surface area (Å²) in [6.07, 6.45) is 1.70. The lowest BCUT2D eigenvalue weighted by Gasteiger charge is -2.17. The first kappa shape index (κ1) is 14.3. The summed E-state index contributed by atoms with van der Waals surface area (Å²) >= 11 is 0. The van der Waals surface area contributed by atoms with Gasteiger partial charge in [-0.25, -0.2) is 4.99 Å². The lowest BCUT2D eigenvalue weighted by Crippen LogP contribution is -3.00. The van der Waals surface area contributed by atoms with E-state index in [1.807, 2.05) is 30.3 Å². The topological polar surface area (TPSA) is 44.7 Å². The van der Waals surface area contributed by atoms with E-state index in [1.165, 1.54) is 0 Å². The molecule has 0 spiro atoms. The quantitative estimate of drug-likeness (QED) is 0.650. The van der Waals surface area contributed by atoms with Crippen LogP contribution < -0.4 is 17.7 Å². The molecule has 0 atom stereocenters. The summed E-state index contributed by atoms with van der Waals surface area (Å²) in [5.74, 6) is 0.652. The van der Waals surface area contributed by atoms with Crippen LogP contribution in [0.1, 0.15) is 5.56 Å². The maximum atomic E-state index is 11.5. The van der Waals surface area contributed by atoms with Gasteiger partial charge < -0.3 is 17.7 Å². The number of aliphatic imine (C=N–C) groups is 1. The number of nitrogens with one attached hydrogen (secondary N) is 1. The van der Waals surface area contributed by atoms with E-state index in [4.69, 9.17) is 0 Å². The van der Waals surface area contributed by atoms with Crippen molar-refractivity contribution in [3.8, 4) is 0 Å². The first-order valence-corrected chi connectivity index (χ1v) is 5.55. The van der Waals surface area contributed by atoms with Crippen LogP contribution in [-0.2, 0) is 11.3 Å². The molecule has 1 aromatic carbocycles. The Morgan fingerprint density at radius 1 is 1.39 bits per heavy atom. The Labute approximate surface area is 113 Å². The molecule has 2 rings (SSSR count). The molecule has 0 fully saturated rings. The largest absolute Gasteiger partial charge is 1.00 e. The highest BCUT2D eigenvalue weighted by molar-refractivity contribution is 6.03. The highest BCUT2D eigenvalue weighted by Crippen LogP contribution is 2.03. The van der Waals surface area contributed by atoms with Gasteiger partial charge in [-0.1, -0.05) is 36.4 Å². The molecule has 1 aliphatic heterocycles. The molecular formula is C13H15ClN3O-. The number of hydrogen-bond acceptors (Lipinski definition) is 3. The molecule has 18 heavy (non-hydrogen) atoms. The van der Waals surface area contributed by atoms with E-state index in [2.05, 4.69) is 16.9 Å². The van der Waals surface area contributed by atoms with Crippen LogP contribution in [0.2, 0.25) is 0 Å². The molecule has 0 aliphatic carbocycles. The number of benzene rings is 1. The molecule has 5 heteroatoms. The summed E-state index contributed by atoms with van der Waals surface area (Å²) in [4.78, 5) is 17.3. The van der Waals surface area contributed by atoms with Crippen LogP contribution in [0.5, 0.6) is 0 Å². The predicted molar refractivity (Wildman–Crippen MR) is 67.5 cm³/mol. The van der Waals surface area contributed by atoms with Crippen molar-refractivity contribution in [2.45, 2.75) is 6.54 Å². The predicted octanol–water partition coefficient (Wildman–Crippen LogP) is -1.84. The third kappa shape index (κ3) is 3.34. The fraction of sp³-hybridized carbons (Fsp3) is 0.231. The monoisotopic (exact) mass is 264 g/mol. The van der Waals surface area contributed by atoms with Crippen molar-refractivity contribution in [1.82, 2.24) is 10.2 Å². The Morgan fingerprint density at radius 3 is 2.78 bits per heavy atom. The first-order chi connectivity index (χ1) is 8.31. The SMILES string of the molecule is C=CCN1C(=O)CN=C1NCc1ccccc1.[Cl-]. The van der Waals surface area contributed by atoms with Crippen LogP contribution in [0.3, 0.4) is 0 Å². The van der Waals surface area contributed by atoms with Gasteiger partial charge in [0.2, 0.25) is 5.96 Å². The van der Waals surface area contributed by atoms with E-state index >= 15 is 0 Å².